The van der Waals surface area contributed by atoms with Gasteiger partial charge in [0.25, 0.3) is 0 Å². The highest BCUT2D eigenvalue weighted by Crippen LogP contribution is 2.13. The van der Waals surface area contributed by atoms with Gasteiger partial charge >= 0.3 is 0 Å². The molecule has 24 heavy (non-hydrogen) atoms. The van der Waals surface area contributed by atoms with Gasteiger partial charge in [-0.05, 0) is 25.3 Å². The number of carbonyl (C=O) groups excluding carboxylic acids is 2. The Kier molecular flexibility index (Phi) is 5.61. The summed E-state index contributed by atoms with van der Waals surface area (Å²) in [5.41, 5.74) is 0. The summed E-state index contributed by atoms with van der Waals surface area (Å²) in [6, 6.07) is 1.80. The molecule has 0 unspecified atom stereocenters. The van der Waals surface area contributed by atoms with Crippen LogP contribution in [-0.2, 0) is 9.59 Å². The molecule has 1 aromatic heterocycles. The van der Waals surface area contributed by atoms with E-state index >= 15 is 0 Å². The molecule has 0 saturated carbocycles. The Morgan fingerprint density at radius 2 is 1.79 bits per heavy atom. The predicted molar refractivity (Wildman–Crippen MR) is 90.5 cm³/mol. The highest BCUT2D eigenvalue weighted by atomic mass is 16.2. The fourth-order valence-electron chi connectivity index (χ4n) is 3.29. The molecule has 0 aromatic carbocycles. The van der Waals surface area contributed by atoms with Crippen LogP contribution in [0, 0.1) is 0 Å². The van der Waals surface area contributed by atoms with Crippen LogP contribution in [-0.4, -0.2) is 70.9 Å². The van der Waals surface area contributed by atoms with Crippen LogP contribution in [0.25, 0.3) is 0 Å². The van der Waals surface area contributed by atoms with Crippen LogP contribution < -0.4 is 4.90 Å². The summed E-state index contributed by atoms with van der Waals surface area (Å²) in [5, 5.41) is 0. The molecule has 0 bridgehead atoms. The summed E-state index contributed by atoms with van der Waals surface area (Å²) in [5.74, 6) is 0.894. The van der Waals surface area contributed by atoms with E-state index in [1.165, 1.54) is 0 Å². The zero-order valence-corrected chi connectivity index (χ0v) is 14.1. The highest BCUT2D eigenvalue weighted by molar-refractivity contribution is 5.85. The Morgan fingerprint density at radius 3 is 2.62 bits per heavy atom. The third-order valence-electron chi connectivity index (χ3n) is 4.68. The average Bonchev–Trinajstić information content (AvgIpc) is 2.97. The maximum absolute atomic E-state index is 12.6. The molecule has 7 nitrogen and oxygen atoms in total. The van der Waals surface area contributed by atoms with Crippen LogP contribution >= 0.6 is 0 Å². The normalized spacial score (nSPS) is 19.8. The van der Waals surface area contributed by atoms with E-state index in [-0.39, 0.29) is 18.4 Å². The number of rotatable bonds is 3. The van der Waals surface area contributed by atoms with Crippen LogP contribution in [0.3, 0.4) is 0 Å². The maximum Gasteiger partial charge on any atom is 0.242 e. The maximum atomic E-state index is 12.6. The van der Waals surface area contributed by atoms with Gasteiger partial charge in [-0.1, -0.05) is 6.42 Å². The van der Waals surface area contributed by atoms with Crippen LogP contribution in [0.2, 0.25) is 0 Å². The first kappa shape index (κ1) is 16.7. The van der Waals surface area contributed by atoms with Crippen molar-refractivity contribution in [2.24, 2.45) is 0 Å². The smallest absolute Gasteiger partial charge is 0.242 e. The van der Waals surface area contributed by atoms with E-state index in [1.807, 2.05) is 4.90 Å². The second-order valence-corrected chi connectivity index (χ2v) is 6.40. The fourth-order valence-corrected chi connectivity index (χ4v) is 3.29. The largest absolute Gasteiger partial charge is 0.339 e. The summed E-state index contributed by atoms with van der Waals surface area (Å²) in [6.07, 6.45) is 7.95. The number of carbonyl (C=O) groups is 2. The third kappa shape index (κ3) is 4.21. The summed E-state index contributed by atoms with van der Waals surface area (Å²) in [4.78, 5) is 39.0. The molecule has 2 saturated heterocycles. The Hall–Kier alpha value is -2.18. The molecular formula is C17H25N5O2. The minimum Gasteiger partial charge on any atom is -0.339 e. The van der Waals surface area contributed by atoms with E-state index in [2.05, 4.69) is 14.9 Å². The zero-order valence-electron chi connectivity index (χ0n) is 14.1. The number of aromatic nitrogens is 2. The Labute approximate surface area is 142 Å². The molecule has 0 N–H and O–H groups in total. The second-order valence-electron chi connectivity index (χ2n) is 6.40. The summed E-state index contributed by atoms with van der Waals surface area (Å²) >= 11 is 0. The monoisotopic (exact) mass is 331 g/mol. The van der Waals surface area contributed by atoms with E-state index in [9.17, 15) is 9.59 Å². The molecule has 3 heterocycles. The molecule has 0 radical (unpaired) electrons. The molecule has 3 rings (SSSR count). The molecule has 0 atom stereocenters. The van der Waals surface area contributed by atoms with Crippen molar-refractivity contribution in [1.82, 2.24) is 19.8 Å². The van der Waals surface area contributed by atoms with Crippen LogP contribution in [0.5, 0.6) is 0 Å². The van der Waals surface area contributed by atoms with Crippen molar-refractivity contribution in [3.05, 3.63) is 18.5 Å². The van der Waals surface area contributed by atoms with Crippen molar-refractivity contribution in [2.45, 2.75) is 32.1 Å². The molecule has 1 aromatic rings. The summed E-state index contributed by atoms with van der Waals surface area (Å²) in [7, 11) is 0. The first-order valence-electron chi connectivity index (χ1n) is 8.81. The van der Waals surface area contributed by atoms with Crippen molar-refractivity contribution in [3.8, 4) is 0 Å². The Bertz CT molecular complexity index is 565. The predicted octanol–water partition coefficient (Wildman–Crippen LogP) is 0.918. The Morgan fingerprint density at radius 1 is 0.958 bits per heavy atom. The molecule has 0 spiro atoms. The van der Waals surface area contributed by atoms with Crippen molar-refractivity contribution in [3.63, 3.8) is 0 Å². The van der Waals surface area contributed by atoms with Gasteiger partial charge in [0.2, 0.25) is 17.8 Å². The van der Waals surface area contributed by atoms with E-state index in [0.717, 1.165) is 51.3 Å². The first-order chi connectivity index (χ1) is 11.7. The van der Waals surface area contributed by atoms with E-state index in [0.29, 0.717) is 19.5 Å². The topological polar surface area (TPSA) is 69.6 Å². The molecular weight excluding hydrogens is 306 g/mol. The lowest BCUT2D eigenvalue weighted by Crippen LogP contribution is -2.44. The number of hydrogen-bond donors (Lipinski definition) is 0. The van der Waals surface area contributed by atoms with Gasteiger partial charge in [-0.15, -0.1) is 0 Å². The van der Waals surface area contributed by atoms with Gasteiger partial charge < -0.3 is 14.7 Å². The van der Waals surface area contributed by atoms with Crippen molar-refractivity contribution >= 4 is 17.8 Å². The summed E-state index contributed by atoms with van der Waals surface area (Å²) in [6.45, 7) is 3.88. The molecule has 7 heteroatoms. The molecule has 2 aliphatic heterocycles. The van der Waals surface area contributed by atoms with E-state index < -0.39 is 0 Å². The lowest BCUT2D eigenvalue weighted by molar-refractivity contribution is -0.140. The van der Waals surface area contributed by atoms with Gasteiger partial charge in [0.1, 0.15) is 0 Å². The van der Waals surface area contributed by atoms with Crippen molar-refractivity contribution in [1.29, 1.82) is 0 Å². The van der Waals surface area contributed by atoms with Gasteiger partial charge in [0, 0.05) is 51.5 Å². The van der Waals surface area contributed by atoms with Gasteiger partial charge in [0.05, 0.1) is 6.54 Å². The second kappa shape index (κ2) is 8.08. The average molecular weight is 331 g/mol. The van der Waals surface area contributed by atoms with E-state index in [1.54, 1.807) is 23.4 Å². The number of anilines is 1. The Balaban J connectivity index is 1.55. The molecule has 130 valence electrons. The van der Waals surface area contributed by atoms with Crippen LogP contribution in [0.4, 0.5) is 5.95 Å². The van der Waals surface area contributed by atoms with Gasteiger partial charge in [-0.25, -0.2) is 9.97 Å². The number of hydrogen-bond acceptors (Lipinski definition) is 5. The van der Waals surface area contributed by atoms with Gasteiger partial charge in [0.15, 0.2) is 0 Å². The minimum absolute atomic E-state index is 0.0566. The van der Waals surface area contributed by atoms with Gasteiger partial charge in [-0.2, -0.15) is 0 Å². The quantitative estimate of drug-likeness (QED) is 0.824. The lowest BCUT2D eigenvalue weighted by atomic mass is 10.2. The minimum atomic E-state index is 0.0566. The number of amides is 2. The van der Waals surface area contributed by atoms with Crippen LogP contribution in [0.1, 0.15) is 32.1 Å². The standard InChI is InChI=1S/C17H25N5O2/c23-15-6-2-1-3-9-22(15)14-16(24)20-10-5-11-21(13-12-20)17-18-7-4-8-19-17/h4,7-8H,1-3,5-6,9-14H2. The number of likely N-dealkylation sites (tertiary alicyclic amines) is 1. The molecule has 2 amide bonds. The zero-order chi connectivity index (χ0) is 16.8. The molecule has 2 fully saturated rings. The van der Waals surface area contributed by atoms with E-state index in [4.69, 9.17) is 0 Å². The third-order valence-corrected chi connectivity index (χ3v) is 4.68. The fraction of sp³-hybridized carbons (Fsp3) is 0.647. The molecule has 2 aliphatic rings. The summed E-state index contributed by atoms with van der Waals surface area (Å²) < 4.78 is 0. The first-order valence-corrected chi connectivity index (χ1v) is 8.81. The molecule has 0 aliphatic carbocycles. The van der Waals surface area contributed by atoms with Crippen LogP contribution in [0.15, 0.2) is 18.5 Å². The van der Waals surface area contributed by atoms with Crippen molar-refractivity contribution < 1.29 is 9.59 Å². The van der Waals surface area contributed by atoms with Crippen molar-refractivity contribution in [2.75, 3.05) is 44.2 Å². The number of nitrogens with zero attached hydrogens (tertiary/aromatic N) is 5. The van der Waals surface area contributed by atoms with Gasteiger partial charge in [-0.3, -0.25) is 9.59 Å². The lowest BCUT2D eigenvalue weighted by Gasteiger charge is -2.26. The highest BCUT2D eigenvalue weighted by Gasteiger charge is 2.24. The SMILES string of the molecule is O=C(CN1CCCCCC1=O)N1CCCN(c2ncccn2)CC1.